The third kappa shape index (κ3) is 4.36. The summed E-state index contributed by atoms with van der Waals surface area (Å²) in [6.45, 7) is 1.94. The predicted molar refractivity (Wildman–Crippen MR) is 101 cm³/mol. The van der Waals surface area contributed by atoms with Crippen LogP contribution in [0.2, 0.25) is 0 Å². The van der Waals surface area contributed by atoms with Crippen LogP contribution in [0, 0.1) is 0 Å². The number of benzene rings is 2. The molecular formula is C20H20N4O2. The molecule has 0 fully saturated rings. The Bertz CT molecular complexity index is 866. The fraction of sp³-hybridized carbons (Fsp3) is 0.150. The number of rotatable bonds is 6. The van der Waals surface area contributed by atoms with Crippen LogP contribution in [0.1, 0.15) is 29.0 Å². The molecule has 6 heteroatoms. The summed E-state index contributed by atoms with van der Waals surface area (Å²) >= 11 is 0. The molecule has 132 valence electrons. The van der Waals surface area contributed by atoms with Gasteiger partial charge in [-0.15, -0.1) is 0 Å². The number of aromatic nitrogens is 2. The molecule has 1 heterocycles. The van der Waals surface area contributed by atoms with Crippen molar-refractivity contribution < 1.29 is 9.53 Å². The summed E-state index contributed by atoms with van der Waals surface area (Å²) in [5.74, 6) is 0.871. The molecule has 0 radical (unpaired) electrons. The van der Waals surface area contributed by atoms with Gasteiger partial charge in [0.1, 0.15) is 11.4 Å². The monoisotopic (exact) mass is 348 g/mol. The van der Waals surface area contributed by atoms with Crippen LogP contribution in [0.25, 0.3) is 0 Å². The van der Waals surface area contributed by atoms with Crippen molar-refractivity contribution in [3.63, 3.8) is 0 Å². The highest BCUT2D eigenvalue weighted by atomic mass is 16.5. The second-order valence-corrected chi connectivity index (χ2v) is 5.72. The minimum atomic E-state index is -0.249. The maximum atomic E-state index is 12.5. The Hall–Kier alpha value is -3.41. The van der Waals surface area contributed by atoms with Crippen LogP contribution in [-0.2, 0) is 0 Å². The summed E-state index contributed by atoms with van der Waals surface area (Å²) in [5, 5.41) is 6.02. The molecule has 2 N–H and O–H groups in total. The first kappa shape index (κ1) is 17.4. The summed E-state index contributed by atoms with van der Waals surface area (Å²) in [7, 11) is 1.62. The quantitative estimate of drug-likeness (QED) is 0.710. The Balaban J connectivity index is 1.68. The molecule has 0 saturated carbocycles. The van der Waals surface area contributed by atoms with E-state index in [-0.39, 0.29) is 11.9 Å². The highest BCUT2D eigenvalue weighted by Gasteiger charge is 2.13. The van der Waals surface area contributed by atoms with Crippen molar-refractivity contribution in [3.8, 4) is 5.75 Å². The largest absolute Gasteiger partial charge is 0.497 e. The molecular weight excluding hydrogens is 328 g/mol. The van der Waals surface area contributed by atoms with E-state index in [2.05, 4.69) is 20.6 Å². The SMILES string of the molecule is COc1ccc(Nc2nccc(C(=O)NC(C)c3ccccc3)n2)cc1. The van der Waals surface area contributed by atoms with Crippen molar-refractivity contribution in [2.45, 2.75) is 13.0 Å². The van der Waals surface area contributed by atoms with Crippen molar-refractivity contribution in [1.29, 1.82) is 0 Å². The Morgan fingerprint density at radius 2 is 1.77 bits per heavy atom. The molecule has 0 aliphatic rings. The molecule has 1 unspecified atom stereocenters. The van der Waals surface area contributed by atoms with Crippen molar-refractivity contribution in [1.82, 2.24) is 15.3 Å². The molecule has 1 atom stereocenters. The molecule has 3 aromatic rings. The van der Waals surface area contributed by atoms with Gasteiger partial charge in [-0.3, -0.25) is 4.79 Å². The lowest BCUT2D eigenvalue weighted by Crippen LogP contribution is -2.27. The summed E-state index contributed by atoms with van der Waals surface area (Å²) < 4.78 is 5.13. The first-order valence-electron chi connectivity index (χ1n) is 8.25. The average Bonchev–Trinajstić information content (AvgIpc) is 2.69. The molecule has 26 heavy (non-hydrogen) atoms. The second-order valence-electron chi connectivity index (χ2n) is 5.72. The Morgan fingerprint density at radius 3 is 2.46 bits per heavy atom. The van der Waals surface area contributed by atoms with Gasteiger partial charge in [0, 0.05) is 11.9 Å². The summed E-state index contributed by atoms with van der Waals surface area (Å²) in [5.41, 5.74) is 2.14. The Labute approximate surface area is 152 Å². The molecule has 1 amide bonds. The van der Waals surface area contributed by atoms with Gasteiger partial charge in [-0.1, -0.05) is 30.3 Å². The van der Waals surface area contributed by atoms with Crippen LogP contribution in [0.15, 0.2) is 66.9 Å². The first-order chi connectivity index (χ1) is 12.7. The van der Waals surface area contributed by atoms with E-state index in [1.807, 2.05) is 61.5 Å². The van der Waals surface area contributed by atoms with Gasteiger partial charge in [0.2, 0.25) is 5.95 Å². The van der Waals surface area contributed by atoms with Crippen LogP contribution in [0.5, 0.6) is 5.75 Å². The van der Waals surface area contributed by atoms with Crippen LogP contribution < -0.4 is 15.4 Å². The minimum absolute atomic E-state index is 0.114. The van der Waals surface area contributed by atoms with E-state index >= 15 is 0 Å². The molecule has 0 aliphatic heterocycles. The van der Waals surface area contributed by atoms with Crippen LogP contribution in [-0.4, -0.2) is 23.0 Å². The lowest BCUT2D eigenvalue weighted by atomic mass is 10.1. The van der Waals surface area contributed by atoms with Gasteiger partial charge in [0.15, 0.2) is 0 Å². The number of hydrogen-bond donors (Lipinski definition) is 2. The van der Waals surface area contributed by atoms with Gasteiger partial charge in [0.05, 0.1) is 13.2 Å². The topological polar surface area (TPSA) is 76.1 Å². The zero-order chi connectivity index (χ0) is 18.4. The smallest absolute Gasteiger partial charge is 0.270 e. The second kappa shape index (κ2) is 8.11. The first-order valence-corrected chi connectivity index (χ1v) is 8.25. The number of anilines is 2. The van der Waals surface area contributed by atoms with E-state index in [0.717, 1.165) is 17.0 Å². The number of hydrogen-bond acceptors (Lipinski definition) is 5. The van der Waals surface area contributed by atoms with Crippen LogP contribution in [0.4, 0.5) is 11.6 Å². The molecule has 0 aliphatic carbocycles. The molecule has 0 bridgehead atoms. The van der Waals surface area contributed by atoms with Gasteiger partial charge >= 0.3 is 0 Å². The lowest BCUT2D eigenvalue weighted by molar-refractivity contribution is 0.0935. The van der Waals surface area contributed by atoms with E-state index in [1.165, 1.54) is 0 Å². The lowest BCUT2D eigenvalue weighted by Gasteiger charge is -2.14. The summed E-state index contributed by atoms with van der Waals surface area (Å²) in [6, 6.07) is 18.6. The fourth-order valence-electron chi connectivity index (χ4n) is 2.44. The number of methoxy groups -OCH3 is 1. The Kier molecular flexibility index (Phi) is 5.43. The van der Waals surface area contributed by atoms with Crippen LogP contribution in [0.3, 0.4) is 0 Å². The average molecular weight is 348 g/mol. The van der Waals surface area contributed by atoms with E-state index in [4.69, 9.17) is 4.74 Å². The fourth-order valence-corrected chi connectivity index (χ4v) is 2.44. The van der Waals surface area contributed by atoms with Crippen LogP contribution >= 0.6 is 0 Å². The highest BCUT2D eigenvalue weighted by Crippen LogP contribution is 2.18. The normalized spacial score (nSPS) is 11.5. The molecule has 3 rings (SSSR count). The third-order valence-corrected chi connectivity index (χ3v) is 3.88. The van der Waals surface area contributed by atoms with E-state index in [0.29, 0.717) is 11.6 Å². The van der Waals surface area contributed by atoms with Crippen molar-refractivity contribution in [2.24, 2.45) is 0 Å². The third-order valence-electron chi connectivity index (χ3n) is 3.88. The van der Waals surface area contributed by atoms with Gasteiger partial charge in [-0.05, 0) is 42.8 Å². The maximum absolute atomic E-state index is 12.5. The number of carbonyl (C=O) groups excluding carboxylic acids is 1. The standard InChI is InChI=1S/C20H20N4O2/c1-14(15-6-4-3-5-7-15)22-19(25)18-12-13-21-20(24-18)23-16-8-10-17(26-2)11-9-16/h3-14H,1-2H3,(H,22,25)(H,21,23,24). The number of amides is 1. The zero-order valence-electron chi connectivity index (χ0n) is 14.6. The minimum Gasteiger partial charge on any atom is -0.497 e. The number of ether oxygens (including phenoxy) is 1. The van der Waals surface area contributed by atoms with E-state index in [9.17, 15) is 4.79 Å². The van der Waals surface area contributed by atoms with Gasteiger partial charge in [0.25, 0.3) is 5.91 Å². The van der Waals surface area contributed by atoms with Gasteiger partial charge in [-0.2, -0.15) is 0 Å². The van der Waals surface area contributed by atoms with Crippen molar-refractivity contribution >= 4 is 17.5 Å². The Morgan fingerprint density at radius 1 is 1.04 bits per heavy atom. The van der Waals surface area contributed by atoms with Gasteiger partial charge < -0.3 is 15.4 Å². The van der Waals surface area contributed by atoms with Crippen molar-refractivity contribution in [2.75, 3.05) is 12.4 Å². The van der Waals surface area contributed by atoms with E-state index < -0.39 is 0 Å². The number of nitrogens with one attached hydrogen (secondary N) is 2. The number of carbonyl (C=O) groups is 1. The number of nitrogens with zero attached hydrogens (tertiary/aromatic N) is 2. The highest BCUT2D eigenvalue weighted by molar-refractivity contribution is 5.92. The zero-order valence-corrected chi connectivity index (χ0v) is 14.6. The maximum Gasteiger partial charge on any atom is 0.270 e. The predicted octanol–water partition coefficient (Wildman–Crippen LogP) is 3.72. The molecule has 6 nitrogen and oxygen atoms in total. The van der Waals surface area contributed by atoms with E-state index in [1.54, 1.807) is 19.4 Å². The molecule has 2 aromatic carbocycles. The molecule has 0 spiro atoms. The molecule has 0 saturated heterocycles. The van der Waals surface area contributed by atoms with Crippen molar-refractivity contribution in [3.05, 3.63) is 78.1 Å². The molecule has 1 aromatic heterocycles. The summed E-state index contributed by atoms with van der Waals surface area (Å²) in [4.78, 5) is 20.9. The summed E-state index contributed by atoms with van der Waals surface area (Å²) in [6.07, 6.45) is 1.56. The van der Waals surface area contributed by atoms with Gasteiger partial charge in [-0.25, -0.2) is 9.97 Å².